The maximum atomic E-state index is 13.1. The van der Waals surface area contributed by atoms with Gasteiger partial charge in [0.15, 0.2) is 0 Å². The van der Waals surface area contributed by atoms with Gasteiger partial charge in [-0.3, -0.25) is 9.55 Å². The Hall–Kier alpha value is -7.04. The normalized spacial score (nSPS) is 18.3. The van der Waals surface area contributed by atoms with Crippen LogP contribution in [0.5, 0.6) is 5.75 Å². The van der Waals surface area contributed by atoms with Gasteiger partial charge in [0, 0.05) is 51.7 Å². The molecule has 0 fully saturated rings. The highest BCUT2D eigenvalue weighted by Crippen LogP contribution is 2.45. The maximum Gasteiger partial charge on any atom is 0.149 e. The van der Waals surface area contributed by atoms with Crippen LogP contribution < -0.4 is 0 Å². The molecule has 0 saturated carbocycles. The molecule has 1 N–H and O–H groups in total. The zero-order chi connectivity index (χ0) is 64.2. The van der Waals surface area contributed by atoms with Gasteiger partial charge in [-0.15, -0.1) is 0 Å². The van der Waals surface area contributed by atoms with Gasteiger partial charge in [0.25, 0.3) is 0 Å². The van der Waals surface area contributed by atoms with Crippen LogP contribution in [0.4, 0.5) is 0 Å². The Morgan fingerprint density at radius 1 is 0.515 bits per heavy atom. The van der Waals surface area contributed by atoms with Crippen molar-refractivity contribution in [3.63, 3.8) is 0 Å². The van der Waals surface area contributed by atoms with Crippen LogP contribution in [0.2, 0.25) is 0 Å². The van der Waals surface area contributed by atoms with Crippen molar-refractivity contribution >= 4 is 11.0 Å². The van der Waals surface area contributed by atoms with E-state index in [1.807, 2.05) is 137 Å². The summed E-state index contributed by atoms with van der Waals surface area (Å²) in [4.78, 5) is 9.86. The number of imidazole rings is 1. The molecular formula is C62H61N3O. The van der Waals surface area contributed by atoms with E-state index in [1.54, 1.807) is 24.4 Å². The molecule has 4 heteroatoms. The molecule has 2 heterocycles. The second-order valence-corrected chi connectivity index (χ2v) is 17.9. The summed E-state index contributed by atoms with van der Waals surface area (Å²) in [5.74, 6) is -2.14. The van der Waals surface area contributed by atoms with Crippen molar-refractivity contribution in [2.45, 2.75) is 91.9 Å². The number of pyridine rings is 1. The summed E-state index contributed by atoms with van der Waals surface area (Å²) >= 11 is 0. The van der Waals surface area contributed by atoms with E-state index in [0.717, 1.165) is 27.8 Å². The van der Waals surface area contributed by atoms with E-state index in [1.165, 1.54) is 22.8 Å². The summed E-state index contributed by atoms with van der Waals surface area (Å²) in [7, 11) is 0. The number of phenols is 1. The van der Waals surface area contributed by atoms with Crippen LogP contribution in [0.1, 0.15) is 118 Å². The first-order valence-electron chi connectivity index (χ1n) is 31.9. The molecule has 7 aromatic carbocycles. The summed E-state index contributed by atoms with van der Waals surface area (Å²) in [5, 5.41) is 13.1. The van der Waals surface area contributed by atoms with Crippen LogP contribution in [0, 0.1) is 13.8 Å². The lowest BCUT2D eigenvalue weighted by Gasteiger charge is -2.27. The molecule has 0 aliphatic heterocycles. The number of hydrogen-bond donors (Lipinski definition) is 1. The van der Waals surface area contributed by atoms with Crippen molar-refractivity contribution in [2.24, 2.45) is 0 Å². The van der Waals surface area contributed by atoms with Gasteiger partial charge in [0.1, 0.15) is 11.6 Å². The Morgan fingerprint density at radius 3 is 1.86 bits per heavy atom. The molecule has 9 rings (SSSR count). The highest BCUT2D eigenvalue weighted by Gasteiger charge is 2.29. The number of nitrogens with zero attached hydrogens (tertiary/aromatic N) is 3. The Balaban J connectivity index is 1.48. The van der Waals surface area contributed by atoms with Crippen molar-refractivity contribution < 1.29 is 33.9 Å². The fourth-order valence-corrected chi connectivity index (χ4v) is 8.38. The second-order valence-electron chi connectivity index (χ2n) is 17.9. The number of benzene rings is 7. The topological polar surface area (TPSA) is 50.9 Å². The summed E-state index contributed by atoms with van der Waals surface area (Å²) in [6, 6.07) is 44.2. The second kappa shape index (κ2) is 16.7. The lowest BCUT2D eigenvalue weighted by atomic mass is 9.79. The highest BCUT2D eigenvalue weighted by atomic mass is 16.3. The fourth-order valence-electron chi connectivity index (χ4n) is 8.38. The van der Waals surface area contributed by atoms with Crippen LogP contribution in [0.25, 0.3) is 83.9 Å². The molecule has 0 unspecified atom stereocenters. The Labute approximate surface area is 421 Å². The number of aryl methyl sites for hydroxylation is 2. The minimum absolute atomic E-state index is 0.00262. The molecular weight excluding hydrogens is 803 g/mol. The molecule has 0 amide bonds. The highest BCUT2D eigenvalue weighted by molar-refractivity contribution is 5.98. The van der Waals surface area contributed by atoms with Gasteiger partial charge in [0.05, 0.1) is 28.0 Å². The van der Waals surface area contributed by atoms with E-state index in [4.69, 9.17) is 38.8 Å². The number of rotatable bonds is 7. The number of aromatic hydroxyl groups is 1. The van der Waals surface area contributed by atoms with Gasteiger partial charge in [-0.25, -0.2) is 4.98 Å². The number of hydrogen-bond acceptors (Lipinski definition) is 3. The fraction of sp³-hybridized carbons (Fsp3) is 0.226. The molecule has 0 atom stereocenters. The molecule has 330 valence electrons. The quantitative estimate of drug-likeness (QED) is 0.173. The van der Waals surface area contributed by atoms with E-state index in [0.29, 0.717) is 45.1 Å². The van der Waals surface area contributed by atoms with Crippen LogP contribution in [-0.4, -0.2) is 19.6 Å². The summed E-state index contributed by atoms with van der Waals surface area (Å²) in [6.45, 7) is -20.0. The zero-order valence-electron chi connectivity index (χ0n) is 57.9. The minimum atomic E-state index is -4.24. The molecule has 0 aliphatic rings. The van der Waals surface area contributed by atoms with E-state index in [2.05, 4.69) is 0 Å². The lowest BCUT2D eigenvalue weighted by Crippen LogP contribution is -2.17. The average Bonchev–Trinajstić information content (AvgIpc) is 1.26. The van der Waals surface area contributed by atoms with Crippen LogP contribution in [0.3, 0.4) is 0 Å². The lowest BCUT2D eigenvalue weighted by molar-refractivity contribution is 0.446. The van der Waals surface area contributed by atoms with Crippen molar-refractivity contribution in [1.82, 2.24) is 14.5 Å². The van der Waals surface area contributed by atoms with Gasteiger partial charge < -0.3 is 5.11 Å². The van der Waals surface area contributed by atoms with Crippen molar-refractivity contribution in [3.8, 4) is 78.6 Å². The molecule has 0 radical (unpaired) electrons. The molecule has 66 heavy (non-hydrogen) atoms. The molecule has 0 spiro atoms. The Bertz CT molecular complexity index is 3970. The summed E-state index contributed by atoms with van der Waals surface area (Å²) < 4.78 is 186. The van der Waals surface area contributed by atoms with Crippen molar-refractivity contribution in [1.29, 1.82) is 0 Å². The van der Waals surface area contributed by atoms with Gasteiger partial charge in [-0.05, 0) is 140 Å². The number of aromatic nitrogens is 3. The number of fused-ring (bicyclic) bond motifs is 1. The SMILES string of the molecule is [2H]C([2H])([2H])c1cc(-c2ccc(C(C)(C)C)cc2)ccc1-n1c(-c2cc(C(C([2H])([2H])[2H])(C([2H])([2H])[2H])C([2H])([2H])[2H])cc(C(C([2H])([2H])[2H])(C([2H])([2H])[2H])C([2H])([2H])[2H])c2O)nc2c(-c3cc(-c4ccccc4)cc(-c4cc(-c5ccc(C)cc5)ccn4)c3)cccc21. The summed E-state index contributed by atoms with van der Waals surface area (Å²) in [5.41, 5.74) is -4.70. The van der Waals surface area contributed by atoms with Crippen LogP contribution >= 0.6 is 0 Å². The van der Waals surface area contributed by atoms with Crippen molar-refractivity contribution in [3.05, 3.63) is 192 Å². The van der Waals surface area contributed by atoms with Gasteiger partial charge in [-0.2, -0.15) is 0 Å². The molecule has 4 nitrogen and oxygen atoms in total. The predicted octanol–water partition coefficient (Wildman–Crippen LogP) is 16.6. The zero-order valence-corrected chi connectivity index (χ0v) is 36.9. The first-order chi connectivity index (χ1) is 40.0. The largest absolute Gasteiger partial charge is 0.507 e. The van der Waals surface area contributed by atoms with Crippen molar-refractivity contribution in [2.75, 3.05) is 0 Å². The molecule has 0 bridgehead atoms. The van der Waals surface area contributed by atoms with E-state index < -0.39 is 87.1 Å². The standard InChI is InChI=1S/C62H61N3O/c1-39-20-22-42(23-21-39)45-30-31-63-54(36-45)48-34-46(41-16-13-12-14-17-41)33-47(35-48)51-18-15-19-56-57(51)64-59(52-37-50(61(6,7)8)38-53(58(52)66)62(9,10)11)65(56)55-29-26-44(32-40(55)2)43-24-27-49(28-25-43)60(3,4)5/h12-38,66H,1-11H3/i2D3,6D3,7D3,8D3,9D3,10D3,11D3. The van der Waals surface area contributed by atoms with Crippen LogP contribution in [-0.2, 0) is 16.2 Å². The number of phenolic OH excluding ortho intramolecular Hbond substituents is 1. The third kappa shape index (κ3) is 8.61. The third-order valence-electron chi connectivity index (χ3n) is 12.0. The Kier molecular flexibility index (Phi) is 6.50. The monoisotopic (exact) mass is 885 g/mol. The van der Waals surface area contributed by atoms with Crippen LogP contribution in [0.15, 0.2) is 164 Å². The first-order valence-corrected chi connectivity index (χ1v) is 21.4. The minimum Gasteiger partial charge on any atom is -0.507 e. The summed E-state index contributed by atoms with van der Waals surface area (Å²) in [6.07, 6.45) is 1.68. The molecule has 2 aromatic heterocycles. The average molecular weight is 885 g/mol. The van der Waals surface area contributed by atoms with Gasteiger partial charge in [0.2, 0.25) is 0 Å². The molecule has 9 aromatic rings. The van der Waals surface area contributed by atoms with E-state index >= 15 is 0 Å². The first kappa shape index (κ1) is 25.6. The Morgan fingerprint density at radius 2 is 1.17 bits per heavy atom. The molecule has 0 saturated heterocycles. The van der Waals surface area contributed by atoms with Gasteiger partial charge >= 0.3 is 0 Å². The predicted molar refractivity (Wildman–Crippen MR) is 279 cm³/mol. The van der Waals surface area contributed by atoms with Gasteiger partial charge in [-0.1, -0.05) is 171 Å². The van der Waals surface area contributed by atoms with E-state index in [9.17, 15) is 5.11 Å². The molecule has 0 aliphatic carbocycles. The van der Waals surface area contributed by atoms with E-state index in [-0.39, 0.29) is 33.8 Å². The smallest absolute Gasteiger partial charge is 0.149 e. The maximum absolute atomic E-state index is 13.1. The number of para-hydroxylation sites is 1. The third-order valence-corrected chi connectivity index (χ3v) is 12.0.